The van der Waals surface area contributed by atoms with Crippen molar-refractivity contribution in [2.24, 2.45) is 16.7 Å². The van der Waals surface area contributed by atoms with Gasteiger partial charge in [-0.15, -0.1) is 0 Å². The third kappa shape index (κ3) is 4.59. The van der Waals surface area contributed by atoms with Crippen LogP contribution in [0, 0.1) is 16.7 Å². The SMILES string of the molecule is C/C=C(/NC(C(C)(C)C)C(C)(C)C)C(C)C. The van der Waals surface area contributed by atoms with Gasteiger partial charge in [0.05, 0.1) is 0 Å². The van der Waals surface area contributed by atoms with E-state index in [0.717, 1.165) is 0 Å². The van der Waals surface area contributed by atoms with E-state index in [1.54, 1.807) is 0 Å². The minimum absolute atomic E-state index is 0.265. The zero-order valence-corrected chi connectivity index (χ0v) is 12.7. The fourth-order valence-corrected chi connectivity index (χ4v) is 2.48. The molecule has 0 unspecified atom stereocenters. The molecule has 0 saturated carbocycles. The molecule has 0 aromatic heterocycles. The quantitative estimate of drug-likeness (QED) is 0.740. The van der Waals surface area contributed by atoms with Crippen LogP contribution in [0.5, 0.6) is 0 Å². The van der Waals surface area contributed by atoms with Crippen molar-refractivity contribution >= 4 is 0 Å². The van der Waals surface area contributed by atoms with Crippen LogP contribution in [0.15, 0.2) is 11.8 Å². The van der Waals surface area contributed by atoms with Crippen molar-refractivity contribution in [3.63, 3.8) is 0 Å². The van der Waals surface area contributed by atoms with E-state index in [1.165, 1.54) is 5.70 Å². The van der Waals surface area contributed by atoms with Crippen LogP contribution in [0.1, 0.15) is 62.3 Å². The zero-order chi connectivity index (χ0) is 13.1. The van der Waals surface area contributed by atoms with E-state index in [-0.39, 0.29) is 10.8 Å². The van der Waals surface area contributed by atoms with Gasteiger partial charge in [0.25, 0.3) is 0 Å². The molecule has 0 heterocycles. The third-order valence-electron chi connectivity index (χ3n) is 2.98. The predicted octanol–water partition coefficient (Wildman–Crippen LogP) is 4.60. The highest BCUT2D eigenvalue weighted by Gasteiger charge is 2.35. The van der Waals surface area contributed by atoms with Gasteiger partial charge in [0.2, 0.25) is 0 Å². The average molecular weight is 225 g/mol. The van der Waals surface area contributed by atoms with Crippen molar-refractivity contribution in [2.75, 3.05) is 0 Å². The molecule has 96 valence electrons. The summed E-state index contributed by atoms with van der Waals surface area (Å²) in [5.74, 6) is 0.567. The first-order valence-corrected chi connectivity index (χ1v) is 6.43. The summed E-state index contributed by atoms with van der Waals surface area (Å²) in [7, 11) is 0. The Bertz CT molecular complexity index is 221. The van der Waals surface area contributed by atoms with Crippen LogP contribution >= 0.6 is 0 Å². The van der Waals surface area contributed by atoms with Crippen LogP contribution in [0.25, 0.3) is 0 Å². The maximum absolute atomic E-state index is 3.74. The molecule has 0 rings (SSSR count). The molecule has 0 aliphatic rings. The van der Waals surface area contributed by atoms with E-state index >= 15 is 0 Å². The predicted molar refractivity (Wildman–Crippen MR) is 74.4 cm³/mol. The van der Waals surface area contributed by atoms with E-state index < -0.39 is 0 Å². The van der Waals surface area contributed by atoms with Crippen LogP contribution in [0.2, 0.25) is 0 Å². The van der Waals surface area contributed by atoms with Gasteiger partial charge < -0.3 is 5.32 Å². The number of nitrogens with one attached hydrogen (secondary N) is 1. The molecule has 16 heavy (non-hydrogen) atoms. The van der Waals surface area contributed by atoms with E-state index in [9.17, 15) is 0 Å². The Balaban J connectivity index is 4.97. The Hall–Kier alpha value is -0.460. The van der Waals surface area contributed by atoms with Crippen LogP contribution in [-0.2, 0) is 0 Å². The molecule has 0 bridgehead atoms. The summed E-state index contributed by atoms with van der Waals surface area (Å²) in [5, 5.41) is 3.74. The molecular weight excluding hydrogens is 194 g/mol. The van der Waals surface area contributed by atoms with Crippen molar-refractivity contribution in [3.8, 4) is 0 Å². The lowest BCUT2D eigenvalue weighted by atomic mass is 9.71. The molecule has 0 saturated heterocycles. The van der Waals surface area contributed by atoms with Gasteiger partial charge in [-0.25, -0.2) is 0 Å². The van der Waals surface area contributed by atoms with E-state index in [1.807, 2.05) is 0 Å². The van der Waals surface area contributed by atoms with Crippen LogP contribution in [-0.4, -0.2) is 6.04 Å². The van der Waals surface area contributed by atoms with Gasteiger partial charge in [-0.3, -0.25) is 0 Å². The molecule has 0 spiro atoms. The van der Waals surface area contributed by atoms with E-state index in [0.29, 0.717) is 12.0 Å². The topological polar surface area (TPSA) is 12.0 Å². The maximum Gasteiger partial charge on any atom is 0.0355 e. The second-order valence-electron chi connectivity index (χ2n) is 7.21. The summed E-state index contributed by atoms with van der Waals surface area (Å²) in [6, 6.07) is 0.480. The van der Waals surface area contributed by atoms with Gasteiger partial charge in [0, 0.05) is 11.7 Å². The summed E-state index contributed by atoms with van der Waals surface area (Å²) in [6.45, 7) is 20.5. The smallest absolute Gasteiger partial charge is 0.0355 e. The van der Waals surface area contributed by atoms with Crippen molar-refractivity contribution in [3.05, 3.63) is 11.8 Å². The highest BCUT2D eigenvalue weighted by molar-refractivity contribution is 5.06. The number of rotatable bonds is 3. The van der Waals surface area contributed by atoms with Gasteiger partial charge in [0.15, 0.2) is 0 Å². The lowest BCUT2D eigenvalue weighted by Crippen LogP contribution is -2.49. The van der Waals surface area contributed by atoms with E-state index in [4.69, 9.17) is 0 Å². The second kappa shape index (κ2) is 5.25. The molecule has 1 heteroatoms. The first kappa shape index (κ1) is 15.5. The number of hydrogen-bond donors (Lipinski definition) is 1. The summed E-state index contributed by atoms with van der Waals surface area (Å²) in [6.07, 6.45) is 2.20. The maximum atomic E-state index is 3.74. The monoisotopic (exact) mass is 225 g/mol. The Morgan fingerprint density at radius 1 is 0.938 bits per heavy atom. The largest absolute Gasteiger partial charge is 0.385 e. The van der Waals surface area contributed by atoms with Crippen molar-refractivity contribution in [1.29, 1.82) is 0 Å². The Kier molecular flexibility index (Phi) is 5.10. The highest BCUT2D eigenvalue weighted by Crippen LogP contribution is 2.34. The number of allylic oxidation sites excluding steroid dienone is 2. The second-order valence-corrected chi connectivity index (χ2v) is 7.21. The Labute approximate surface area is 103 Å². The average Bonchev–Trinajstić information content (AvgIpc) is 1.99. The molecule has 0 amide bonds. The fourth-order valence-electron chi connectivity index (χ4n) is 2.48. The van der Waals surface area contributed by atoms with Crippen LogP contribution < -0.4 is 5.32 Å². The third-order valence-corrected chi connectivity index (χ3v) is 2.98. The molecular formula is C15H31N. The van der Waals surface area contributed by atoms with Crippen LogP contribution in [0.4, 0.5) is 0 Å². The van der Waals surface area contributed by atoms with Crippen molar-refractivity contribution < 1.29 is 0 Å². The zero-order valence-electron chi connectivity index (χ0n) is 12.7. The van der Waals surface area contributed by atoms with Gasteiger partial charge in [-0.05, 0) is 23.7 Å². The fraction of sp³-hybridized carbons (Fsp3) is 0.867. The number of hydrogen-bond acceptors (Lipinski definition) is 1. The van der Waals surface area contributed by atoms with Gasteiger partial charge in [0.1, 0.15) is 0 Å². The molecule has 0 aliphatic heterocycles. The minimum atomic E-state index is 0.265. The summed E-state index contributed by atoms with van der Waals surface area (Å²) >= 11 is 0. The normalized spacial score (nSPS) is 14.8. The van der Waals surface area contributed by atoms with Gasteiger partial charge in [-0.2, -0.15) is 0 Å². The molecule has 1 N–H and O–H groups in total. The Morgan fingerprint density at radius 3 is 1.50 bits per heavy atom. The van der Waals surface area contributed by atoms with Crippen molar-refractivity contribution in [2.45, 2.75) is 68.4 Å². The molecule has 0 atom stereocenters. The van der Waals surface area contributed by atoms with Crippen LogP contribution in [0.3, 0.4) is 0 Å². The molecule has 1 nitrogen and oxygen atoms in total. The molecule has 0 aromatic carbocycles. The molecule has 0 aromatic rings. The lowest BCUT2D eigenvalue weighted by Gasteiger charge is -2.43. The highest BCUT2D eigenvalue weighted by atomic mass is 15.0. The Morgan fingerprint density at radius 2 is 1.31 bits per heavy atom. The molecule has 0 aliphatic carbocycles. The van der Waals surface area contributed by atoms with Gasteiger partial charge >= 0.3 is 0 Å². The summed E-state index contributed by atoms with van der Waals surface area (Å²) < 4.78 is 0. The van der Waals surface area contributed by atoms with E-state index in [2.05, 4.69) is 73.7 Å². The standard InChI is InChI=1S/C15H31N/c1-10-12(11(2)3)16-13(14(4,5)6)15(7,8)9/h10-11,13,16H,1-9H3/b12-10+. The first-order chi connectivity index (χ1) is 7.00. The summed E-state index contributed by atoms with van der Waals surface area (Å²) in [5.41, 5.74) is 1.89. The molecule has 0 fully saturated rings. The van der Waals surface area contributed by atoms with Crippen molar-refractivity contribution in [1.82, 2.24) is 5.32 Å². The molecule has 0 radical (unpaired) electrons. The summed E-state index contributed by atoms with van der Waals surface area (Å²) in [4.78, 5) is 0. The lowest BCUT2D eigenvalue weighted by molar-refractivity contribution is 0.147. The van der Waals surface area contributed by atoms with Gasteiger partial charge in [-0.1, -0.05) is 61.5 Å². The minimum Gasteiger partial charge on any atom is -0.385 e. The first-order valence-electron chi connectivity index (χ1n) is 6.43.